The molecule has 4 nitrogen and oxygen atoms in total. The van der Waals surface area contributed by atoms with Crippen LogP contribution in [-0.4, -0.2) is 19.7 Å². The summed E-state index contributed by atoms with van der Waals surface area (Å²) < 4.78 is 23.5. The first-order valence-electron chi connectivity index (χ1n) is 4.63. The van der Waals surface area contributed by atoms with Gasteiger partial charge in [0, 0.05) is 17.3 Å². The molecule has 0 saturated heterocycles. The van der Waals surface area contributed by atoms with E-state index in [4.69, 9.17) is 0 Å². The number of hydrogen-bond acceptors (Lipinski definition) is 5. The summed E-state index contributed by atoms with van der Waals surface area (Å²) in [6.45, 7) is 0. The lowest BCUT2D eigenvalue weighted by Crippen LogP contribution is -1.98. The Hall–Kier alpha value is -0.920. The van der Waals surface area contributed by atoms with E-state index in [1.807, 2.05) is 5.38 Å². The summed E-state index contributed by atoms with van der Waals surface area (Å²) in [5, 5.41) is 5.61. The van der Waals surface area contributed by atoms with E-state index in [0.29, 0.717) is 10.8 Å². The number of nitrogens with zero attached hydrogens (tertiary/aromatic N) is 1. The van der Waals surface area contributed by atoms with Gasteiger partial charge in [0.2, 0.25) is 0 Å². The Balaban J connectivity index is 2.28. The van der Waals surface area contributed by atoms with E-state index >= 15 is 0 Å². The summed E-state index contributed by atoms with van der Waals surface area (Å²) >= 11 is 4.69. The van der Waals surface area contributed by atoms with Crippen LogP contribution >= 0.6 is 27.3 Å². The maximum absolute atomic E-state index is 11.4. The van der Waals surface area contributed by atoms with Crippen LogP contribution in [0.25, 0.3) is 0 Å². The third kappa shape index (κ3) is 3.27. The lowest BCUT2D eigenvalue weighted by atomic mass is 10.3. The van der Waals surface area contributed by atoms with Gasteiger partial charge in [0.05, 0.1) is 4.90 Å². The van der Waals surface area contributed by atoms with Crippen molar-refractivity contribution in [1.29, 1.82) is 0 Å². The van der Waals surface area contributed by atoms with Crippen LogP contribution in [0.15, 0.2) is 39.1 Å². The molecule has 1 aromatic carbocycles. The first-order valence-corrected chi connectivity index (χ1v) is 8.20. The van der Waals surface area contributed by atoms with Crippen LogP contribution in [0.4, 0.5) is 10.8 Å². The molecule has 0 aliphatic heterocycles. The minimum Gasteiger partial charge on any atom is -0.331 e. The molecule has 1 aromatic heterocycles. The number of sulfone groups is 1. The Morgan fingerprint density at radius 3 is 2.76 bits per heavy atom. The lowest BCUT2D eigenvalue weighted by Gasteiger charge is -2.04. The number of nitrogens with one attached hydrogen (secondary N) is 1. The third-order valence-corrected chi connectivity index (χ3v) is 4.57. The Kier molecular flexibility index (Phi) is 3.50. The molecule has 7 heteroatoms. The van der Waals surface area contributed by atoms with Crippen LogP contribution in [0.3, 0.4) is 0 Å². The summed E-state index contributed by atoms with van der Waals surface area (Å²) in [4.78, 5) is 4.46. The SMILES string of the molecule is CS(=O)(=O)c1cccc(Nc2nc(Br)cs2)c1. The fourth-order valence-corrected chi connectivity index (χ4v) is 3.07. The minimum atomic E-state index is -3.18. The normalized spacial score (nSPS) is 11.4. The van der Waals surface area contributed by atoms with E-state index in [-0.39, 0.29) is 4.90 Å². The molecule has 0 unspecified atom stereocenters. The largest absolute Gasteiger partial charge is 0.331 e. The molecule has 0 fully saturated rings. The molecule has 0 spiro atoms. The molecule has 0 radical (unpaired) electrons. The quantitative estimate of drug-likeness (QED) is 0.938. The van der Waals surface area contributed by atoms with Crippen LogP contribution in [-0.2, 0) is 9.84 Å². The highest BCUT2D eigenvalue weighted by Gasteiger charge is 2.08. The molecule has 17 heavy (non-hydrogen) atoms. The molecule has 1 heterocycles. The zero-order chi connectivity index (χ0) is 12.5. The van der Waals surface area contributed by atoms with Gasteiger partial charge in [0.15, 0.2) is 15.0 Å². The molecule has 0 bridgehead atoms. The number of anilines is 2. The van der Waals surface area contributed by atoms with Crippen LogP contribution in [0, 0.1) is 0 Å². The standard InChI is InChI=1S/C10H9BrN2O2S2/c1-17(14,15)8-4-2-3-7(5-8)12-10-13-9(11)6-16-10/h2-6H,1H3,(H,12,13). The minimum absolute atomic E-state index is 0.290. The van der Waals surface area contributed by atoms with Crippen molar-refractivity contribution in [3.63, 3.8) is 0 Å². The van der Waals surface area contributed by atoms with Gasteiger partial charge in [-0.2, -0.15) is 0 Å². The van der Waals surface area contributed by atoms with Gasteiger partial charge in [0.25, 0.3) is 0 Å². The Morgan fingerprint density at radius 2 is 2.18 bits per heavy atom. The number of aromatic nitrogens is 1. The highest BCUT2D eigenvalue weighted by Crippen LogP contribution is 2.24. The zero-order valence-corrected chi connectivity index (χ0v) is 12.1. The van der Waals surface area contributed by atoms with Crippen molar-refractivity contribution >= 4 is 47.9 Å². The molecule has 0 amide bonds. The summed E-state index contributed by atoms with van der Waals surface area (Å²) in [6, 6.07) is 6.65. The molecular weight excluding hydrogens is 324 g/mol. The second kappa shape index (κ2) is 4.75. The molecule has 1 N–H and O–H groups in total. The fourth-order valence-electron chi connectivity index (χ4n) is 1.24. The highest BCUT2D eigenvalue weighted by atomic mass is 79.9. The molecule has 0 saturated carbocycles. The molecule has 0 aliphatic rings. The van der Waals surface area contributed by atoms with Crippen molar-refractivity contribution in [3.05, 3.63) is 34.2 Å². The van der Waals surface area contributed by atoms with Gasteiger partial charge in [-0.3, -0.25) is 0 Å². The van der Waals surface area contributed by atoms with Gasteiger partial charge in [-0.05, 0) is 34.1 Å². The maximum Gasteiger partial charge on any atom is 0.188 e. The van der Waals surface area contributed by atoms with Crippen molar-refractivity contribution in [1.82, 2.24) is 4.98 Å². The number of halogens is 1. The van der Waals surface area contributed by atoms with Gasteiger partial charge in [-0.15, -0.1) is 11.3 Å². The van der Waals surface area contributed by atoms with Gasteiger partial charge in [-0.25, -0.2) is 13.4 Å². The predicted octanol–water partition coefficient (Wildman–Crippen LogP) is 3.05. The van der Waals surface area contributed by atoms with E-state index in [2.05, 4.69) is 26.2 Å². The molecule has 0 aliphatic carbocycles. The van der Waals surface area contributed by atoms with Gasteiger partial charge in [0.1, 0.15) is 4.60 Å². The summed E-state index contributed by atoms with van der Waals surface area (Å²) in [5.41, 5.74) is 0.703. The van der Waals surface area contributed by atoms with E-state index in [0.717, 1.165) is 4.60 Å². The summed E-state index contributed by atoms with van der Waals surface area (Å²) in [7, 11) is -3.18. The van der Waals surface area contributed by atoms with E-state index in [1.165, 1.54) is 17.6 Å². The predicted molar refractivity (Wildman–Crippen MR) is 72.6 cm³/mol. The Morgan fingerprint density at radius 1 is 1.41 bits per heavy atom. The Bertz CT molecular complexity index is 637. The van der Waals surface area contributed by atoms with Crippen molar-refractivity contribution in [2.24, 2.45) is 0 Å². The van der Waals surface area contributed by atoms with Gasteiger partial charge >= 0.3 is 0 Å². The molecular formula is C10H9BrN2O2S2. The van der Waals surface area contributed by atoms with Crippen molar-refractivity contribution in [3.8, 4) is 0 Å². The first-order chi connectivity index (χ1) is 7.95. The Labute approximate surface area is 112 Å². The smallest absolute Gasteiger partial charge is 0.188 e. The van der Waals surface area contributed by atoms with Crippen LogP contribution in [0.2, 0.25) is 0 Å². The monoisotopic (exact) mass is 332 g/mol. The number of thiazole rings is 1. The summed E-state index contributed by atoms with van der Waals surface area (Å²) in [6.07, 6.45) is 1.19. The number of hydrogen-bond donors (Lipinski definition) is 1. The average molecular weight is 333 g/mol. The van der Waals surface area contributed by atoms with Crippen LogP contribution < -0.4 is 5.32 Å². The third-order valence-electron chi connectivity index (χ3n) is 1.99. The van der Waals surface area contributed by atoms with Gasteiger partial charge in [-0.1, -0.05) is 6.07 Å². The molecule has 2 aromatic rings. The topological polar surface area (TPSA) is 59.1 Å². The summed E-state index contributed by atoms with van der Waals surface area (Å²) in [5.74, 6) is 0. The zero-order valence-electron chi connectivity index (χ0n) is 8.84. The second-order valence-corrected chi connectivity index (χ2v) is 7.09. The maximum atomic E-state index is 11.4. The fraction of sp³-hybridized carbons (Fsp3) is 0.100. The van der Waals surface area contributed by atoms with E-state index < -0.39 is 9.84 Å². The second-order valence-electron chi connectivity index (χ2n) is 3.40. The molecule has 0 atom stereocenters. The number of benzene rings is 1. The van der Waals surface area contributed by atoms with Gasteiger partial charge < -0.3 is 5.32 Å². The van der Waals surface area contributed by atoms with Crippen LogP contribution in [0.5, 0.6) is 0 Å². The molecule has 90 valence electrons. The number of rotatable bonds is 3. The van der Waals surface area contributed by atoms with Crippen LogP contribution in [0.1, 0.15) is 0 Å². The van der Waals surface area contributed by atoms with Crippen molar-refractivity contribution in [2.45, 2.75) is 4.90 Å². The molecule has 2 rings (SSSR count). The van der Waals surface area contributed by atoms with E-state index in [9.17, 15) is 8.42 Å². The first kappa shape index (κ1) is 12.5. The van der Waals surface area contributed by atoms with Crippen molar-refractivity contribution in [2.75, 3.05) is 11.6 Å². The van der Waals surface area contributed by atoms with E-state index in [1.54, 1.807) is 24.3 Å². The highest BCUT2D eigenvalue weighted by molar-refractivity contribution is 9.10. The van der Waals surface area contributed by atoms with Crippen molar-refractivity contribution < 1.29 is 8.42 Å². The lowest BCUT2D eigenvalue weighted by molar-refractivity contribution is 0.602. The average Bonchev–Trinajstić information content (AvgIpc) is 2.63.